The van der Waals surface area contributed by atoms with Gasteiger partial charge in [-0.3, -0.25) is 4.99 Å². The van der Waals surface area contributed by atoms with Gasteiger partial charge < -0.3 is 4.90 Å². The maximum atomic E-state index is 4.62. The Morgan fingerprint density at radius 2 is 1.92 bits per heavy atom. The SMILES string of the molecule is CCN(C)C=Nc1cc(C)c(C(CSc2ccccc2Br)=NC)cc1C. The monoisotopic (exact) mass is 431 g/mol. The number of hydrogen-bond acceptors (Lipinski definition) is 3. The van der Waals surface area contributed by atoms with Gasteiger partial charge in [0.25, 0.3) is 0 Å². The maximum Gasteiger partial charge on any atom is 0.0909 e. The van der Waals surface area contributed by atoms with Crippen molar-refractivity contribution in [3.05, 3.63) is 57.6 Å². The molecule has 2 rings (SSSR count). The van der Waals surface area contributed by atoms with Crippen molar-refractivity contribution in [3.8, 4) is 0 Å². The van der Waals surface area contributed by atoms with Crippen molar-refractivity contribution < 1.29 is 0 Å². The molecule has 0 heterocycles. The number of aliphatic imine (C=N–C) groups is 2. The van der Waals surface area contributed by atoms with Crippen LogP contribution in [0.5, 0.6) is 0 Å². The first-order valence-corrected chi connectivity index (χ1v) is 10.4. The number of rotatable bonds is 7. The Balaban J connectivity index is 2.22. The zero-order chi connectivity index (χ0) is 19.1. The topological polar surface area (TPSA) is 28.0 Å². The third-order valence-electron chi connectivity index (χ3n) is 4.22. The first-order chi connectivity index (χ1) is 12.5. The Bertz CT molecular complexity index is 815. The highest BCUT2D eigenvalue weighted by molar-refractivity contribution is 9.10. The van der Waals surface area contributed by atoms with Gasteiger partial charge in [0.2, 0.25) is 0 Å². The van der Waals surface area contributed by atoms with Gasteiger partial charge in [0.15, 0.2) is 0 Å². The Labute approximate surface area is 169 Å². The lowest BCUT2D eigenvalue weighted by atomic mass is 10.0. The zero-order valence-electron chi connectivity index (χ0n) is 16.1. The van der Waals surface area contributed by atoms with Crippen molar-refractivity contribution in [2.75, 3.05) is 26.4 Å². The minimum absolute atomic E-state index is 0.834. The van der Waals surface area contributed by atoms with Crippen molar-refractivity contribution >= 4 is 45.4 Å². The van der Waals surface area contributed by atoms with Gasteiger partial charge in [-0.1, -0.05) is 12.1 Å². The van der Waals surface area contributed by atoms with Crippen molar-refractivity contribution in [3.63, 3.8) is 0 Å². The van der Waals surface area contributed by atoms with Crippen LogP contribution in [0.3, 0.4) is 0 Å². The molecule has 0 fully saturated rings. The molecule has 138 valence electrons. The summed E-state index contributed by atoms with van der Waals surface area (Å²) < 4.78 is 1.12. The van der Waals surface area contributed by atoms with E-state index in [2.05, 4.69) is 81.9 Å². The molecule has 26 heavy (non-hydrogen) atoms. The van der Waals surface area contributed by atoms with Crippen LogP contribution in [0.25, 0.3) is 0 Å². The molecule has 3 nitrogen and oxygen atoms in total. The summed E-state index contributed by atoms with van der Waals surface area (Å²) in [5, 5.41) is 0. The van der Waals surface area contributed by atoms with Crippen molar-refractivity contribution in [2.45, 2.75) is 25.7 Å². The van der Waals surface area contributed by atoms with Gasteiger partial charge in [0.05, 0.1) is 17.7 Å². The smallest absolute Gasteiger partial charge is 0.0909 e. The fraction of sp³-hybridized carbons (Fsp3) is 0.333. The second-order valence-electron chi connectivity index (χ2n) is 6.16. The first-order valence-electron chi connectivity index (χ1n) is 8.65. The van der Waals surface area contributed by atoms with Crippen molar-refractivity contribution in [1.82, 2.24) is 4.90 Å². The van der Waals surface area contributed by atoms with E-state index in [0.717, 1.165) is 28.2 Å². The summed E-state index contributed by atoms with van der Waals surface area (Å²) in [4.78, 5) is 12.5. The molecule has 5 heteroatoms. The van der Waals surface area contributed by atoms with Gasteiger partial charge in [-0.25, -0.2) is 4.99 Å². The normalized spacial score (nSPS) is 12.0. The van der Waals surface area contributed by atoms with E-state index in [1.807, 2.05) is 26.5 Å². The highest BCUT2D eigenvalue weighted by Gasteiger charge is 2.11. The number of hydrogen-bond donors (Lipinski definition) is 0. The molecule has 0 saturated carbocycles. The molecule has 0 aromatic heterocycles. The standard InChI is InChI=1S/C21H26BrN3S/c1-6-25(5)14-24-19-12-15(2)17(11-16(19)3)20(23-4)13-26-21-10-8-7-9-18(21)22/h7-12,14H,6,13H2,1-5H3. The Morgan fingerprint density at radius 3 is 2.58 bits per heavy atom. The summed E-state index contributed by atoms with van der Waals surface area (Å²) >= 11 is 5.41. The van der Waals surface area contributed by atoms with E-state index < -0.39 is 0 Å². The maximum absolute atomic E-state index is 4.62. The quantitative estimate of drug-likeness (QED) is 0.310. The second kappa shape index (κ2) is 9.93. The molecule has 0 unspecified atom stereocenters. The van der Waals surface area contributed by atoms with Gasteiger partial charge in [-0.05, 0) is 77.7 Å². The largest absolute Gasteiger partial charge is 0.366 e. The van der Waals surface area contributed by atoms with Gasteiger partial charge in [-0.15, -0.1) is 11.8 Å². The van der Waals surface area contributed by atoms with E-state index in [4.69, 9.17) is 0 Å². The Hall–Kier alpha value is -1.59. The van der Waals surface area contributed by atoms with Crippen LogP contribution in [0.4, 0.5) is 5.69 Å². The van der Waals surface area contributed by atoms with E-state index in [-0.39, 0.29) is 0 Å². The van der Waals surface area contributed by atoms with Crippen molar-refractivity contribution in [1.29, 1.82) is 0 Å². The highest BCUT2D eigenvalue weighted by atomic mass is 79.9. The van der Waals surface area contributed by atoms with Crippen LogP contribution >= 0.6 is 27.7 Å². The lowest BCUT2D eigenvalue weighted by Crippen LogP contribution is -2.14. The van der Waals surface area contributed by atoms with Gasteiger partial charge in [0, 0.05) is 35.8 Å². The zero-order valence-corrected chi connectivity index (χ0v) is 18.5. The summed E-state index contributed by atoms with van der Waals surface area (Å²) in [6, 6.07) is 12.6. The number of aryl methyl sites for hydroxylation is 2. The van der Waals surface area contributed by atoms with Crippen LogP contribution in [-0.4, -0.2) is 43.3 Å². The molecule has 0 spiro atoms. The van der Waals surface area contributed by atoms with Gasteiger partial charge in [0.1, 0.15) is 0 Å². The lowest BCUT2D eigenvalue weighted by molar-refractivity contribution is 0.552. The Kier molecular flexibility index (Phi) is 7.91. The number of thioether (sulfide) groups is 1. The minimum Gasteiger partial charge on any atom is -0.366 e. The number of nitrogens with zero attached hydrogens (tertiary/aromatic N) is 3. The van der Waals surface area contributed by atoms with Crippen LogP contribution in [0.1, 0.15) is 23.6 Å². The molecule has 0 bridgehead atoms. The van der Waals surface area contributed by atoms with E-state index in [9.17, 15) is 0 Å². The summed E-state index contributed by atoms with van der Waals surface area (Å²) in [6.07, 6.45) is 1.89. The first kappa shape index (κ1) is 20.7. The van der Waals surface area contributed by atoms with Crippen LogP contribution < -0.4 is 0 Å². The molecule has 0 aliphatic carbocycles. The summed E-state index contributed by atoms with van der Waals surface area (Å²) in [5.74, 6) is 0.834. The minimum atomic E-state index is 0.834. The molecular weight excluding hydrogens is 406 g/mol. The van der Waals surface area contributed by atoms with E-state index >= 15 is 0 Å². The molecule has 0 aliphatic heterocycles. The third-order valence-corrected chi connectivity index (χ3v) is 6.26. The summed E-state index contributed by atoms with van der Waals surface area (Å²) in [6.45, 7) is 7.29. The van der Waals surface area contributed by atoms with Gasteiger partial charge >= 0.3 is 0 Å². The van der Waals surface area contributed by atoms with Crippen LogP contribution in [0.15, 0.2) is 55.8 Å². The van der Waals surface area contributed by atoms with Crippen LogP contribution in [-0.2, 0) is 0 Å². The molecule has 2 aromatic rings. The lowest BCUT2D eigenvalue weighted by Gasteiger charge is -2.14. The Morgan fingerprint density at radius 1 is 1.19 bits per heavy atom. The van der Waals surface area contributed by atoms with Crippen LogP contribution in [0.2, 0.25) is 0 Å². The molecule has 0 N–H and O–H groups in total. The highest BCUT2D eigenvalue weighted by Crippen LogP contribution is 2.29. The van der Waals surface area contributed by atoms with E-state index in [1.165, 1.54) is 21.6 Å². The van der Waals surface area contributed by atoms with Gasteiger partial charge in [-0.2, -0.15) is 0 Å². The molecule has 0 saturated heterocycles. The predicted octanol–water partition coefficient (Wildman–Crippen LogP) is 5.89. The molecule has 0 radical (unpaired) electrons. The molecule has 0 amide bonds. The number of halogens is 1. The fourth-order valence-electron chi connectivity index (χ4n) is 2.46. The van der Waals surface area contributed by atoms with Crippen LogP contribution in [0, 0.1) is 13.8 Å². The number of benzene rings is 2. The average Bonchev–Trinajstić information content (AvgIpc) is 2.64. The van der Waals surface area contributed by atoms with E-state index in [1.54, 1.807) is 11.8 Å². The fourth-order valence-corrected chi connectivity index (χ4v) is 4.05. The summed E-state index contributed by atoms with van der Waals surface area (Å²) in [5.41, 5.74) is 5.69. The summed E-state index contributed by atoms with van der Waals surface area (Å²) in [7, 11) is 3.90. The molecule has 0 aliphatic rings. The average molecular weight is 432 g/mol. The predicted molar refractivity (Wildman–Crippen MR) is 120 cm³/mol. The third kappa shape index (κ3) is 5.45. The van der Waals surface area contributed by atoms with E-state index in [0.29, 0.717) is 0 Å². The second-order valence-corrected chi connectivity index (χ2v) is 8.03. The van der Waals surface area contributed by atoms with Crippen molar-refractivity contribution in [2.24, 2.45) is 9.98 Å². The molecule has 2 aromatic carbocycles. The molecule has 0 atom stereocenters. The molecular formula is C21H26BrN3S.